The maximum Gasteiger partial charge on any atom is 0.256 e. The predicted octanol–water partition coefficient (Wildman–Crippen LogP) is 4.17. The summed E-state index contributed by atoms with van der Waals surface area (Å²) in [6.45, 7) is 0. The van der Waals surface area contributed by atoms with Gasteiger partial charge in [0.2, 0.25) is 5.75 Å². The summed E-state index contributed by atoms with van der Waals surface area (Å²) in [5.74, 6) is 1.02. The highest BCUT2D eigenvalue weighted by Crippen LogP contribution is 2.40. The summed E-state index contributed by atoms with van der Waals surface area (Å²) in [7, 11) is 4.54. The lowest BCUT2D eigenvalue weighted by Gasteiger charge is -2.15. The number of pyridine rings is 1. The van der Waals surface area contributed by atoms with Crippen molar-refractivity contribution in [1.29, 1.82) is 0 Å². The van der Waals surface area contributed by atoms with Gasteiger partial charge in [-0.25, -0.2) is 4.98 Å². The Hall–Kier alpha value is -2.99. The van der Waals surface area contributed by atoms with E-state index in [1.807, 2.05) is 18.2 Å². The first-order valence-electron chi connectivity index (χ1n) is 7.74. The molecule has 1 N–H and O–H groups in total. The van der Waals surface area contributed by atoms with Crippen molar-refractivity contribution >= 4 is 34.1 Å². The van der Waals surface area contributed by atoms with E-state index in [0.717, 1.165) is 0 Å². The summed E-state index contributed by atoms with van der Waals surface area (Å²) in [6.07, 6.45) is 0. The first-order chi connectivity index (χ1) is 12.6. The monoisotopic (exact) mass is 372 g/mol. The smallest absolute Gasteiger partial charge is 0.256 e. The molecule has 0 aliphatic heterocycles. The molecule has 3 rings (SSSR count). The number of para-hydroxylation sites is 1. The fraction of sp³-hybridized carbons (Fsp3) is 0.158. The number of benzene rings is 2. The van der Waals surface area contributed by atoms with Crippen LogP contribution in [0.4, 0.5) is 5.69 Å². The molecule has 0 spiro atoms. The molecule has 3 aromatic rings. The highest BCUT2D eigenvalue weighted by atomic mass is 35.5. The Balaban J connectivity index is 2.01. The minimum atomic E-state index is -0.320. The highest BCUT2D eigenvalue weighted by molar-refractivity contribution is 6.30. The van der Waals surface area contributed by atoms with Gasteiger partial charge in [0, 0.05) is 23.2 Å². The molecule has 1 aromatic heterocycles. The molecule has 0 unspecified atom stereocenters. The van der Waals surface area contributed by atoms with Gasteiger partial charge in [-0.15, -0.1) is 0 Å². The van der Waals surface area contributed by atoms with E-state index < -0.39 is 0 Å². The van der Waals surface area contributed by atoms with Crippen molar-refractivity contribution in [1.82, 2.24) is 4.98 Å². The summed E-state index contributed by atoms with van der Waals surface area (Å²) in [6, 6.07) is 12.2. The summed E-state index contributed by atoms with van der Waals surface area (Å²) in [4.78, 5) is 17.1. The fourth-order valence-electron chi connectivity index (χ4n) is 2.68. The number of ether oxygens (including phenoxy) is 3. The van der Waals surface area contributed by atoms with Gasteiger partial charge in [-0.1, -0.05) is 29.8 Å². The molecule has 26 heavy (non-hydrogen) atoms. The molecule has 1 amide bonds. The number of aromatic nitrogens is 1. The minimum absolute atomic E-state index is 0.249. The third-order valence-corrected chi connectivity index (χ3v) is 4.05. The van der Waals surface area contributed by atoms with E-state index in [2.05, 4.69) is 10.3 Å². The predicted molar refractivity (Wildman–Crippen MR) is 101 cm³/mol. The van der Waals surface area contributed by atoms with Crippen LogP contribution >= 0.6 is 11.6 Å². The Bertz CT molecular complexity index is 950. The number of methoxy groups -OCH3 is 3. The molecule has 0 atom stereocenters. The first-order valence-corrected chi connectivity index (χ1v) is 8.11. The van der Waals surface area contributed by atoms with Crippen molar-refractivity contribution in [2.24, 2.45) is 0 Å². The summed E-state index contributed by atoms with van der Waals surface area (Å²) >= 11 is 6.06. The van der Waals surface area contributed by atoms with Crippen LogP contribution in [-0.4, -0.2) is 32.2 Å². The largest absolute Gasteiger partial charge is 0.493 e. The molecule has 7 heteroatoms. The van der Waals surface area contributed by atoms with Gasteiger partial charge < -0.3 is 19.5 Å². The zero-order valence-corrected chi connectivity index (χ0v) is 15.3. The number of fused-ring (bicyclic) bond motifs is 1. The van der Waals surface area contributed by atoms with Crippen molar-refractivity contribution < 1.29 is 19.0 Å². The zero-order valence-electron chi connectivity index (χ0n) is 14.5. The molecule has 1 heterocycles. The SMILES string of the molecule is COc1cc(NC(=O)c2cc(Cl)nc3ccccc23)cc(OC)c1OC. The Morgan fingerprint density at radius 1 is 1.00 bits per heavy atom. The van der Waals surface area contributed by atoms with Gasteiger partial charge in [-0.3, -0.25) is 4.79 Å². The zero-order chi connectivity index (χ0) is 18.7. The summed E-state index contributed by atoms with van der Waals surface area (Å²) < 4.78 is 15.9. The molecular weight excluding hydrogens is 356 g/mol. The highest BCUT2D eigenvalue weighted by Gasteiger charge is 2.17. The third kappa shape index (κ3) is 3.36. The van der Waals surface area contributed by atoms with Crippen molar-refractivity contribution in [2.45, 2.75) is 0 Å². The van der Waals surface area contributed by atoms with E-state index >= 15 is 0 Å². The molecule has 0 aliphatic rings. The van der Waals surface area contributed by atoms with Crippen LogP contribution in [0.15, 0.2) is 42.5 Å². The van der Waals surface area contributed by atoms with E-state index in [1.54, 1.807) is 18.2 Å². The number of nitrogens with zero attached hydrogens (tertiary/aromatic N) is 1. The number of halogens is 1. The third-order valence-electron chi connectivity index (χ3n) is 3.85. The number of hydrogen-bond donors (Lipinski definition) is 1. The number of carbonyl (C=O) groups excluding carboxylic acids is 1. The molecule has 6 nitrogen and oxygen atoms in total. The van der Waals surface area contributed by atoms with Gasteiger partial charge in [-0.05, 0) is 12.1 Å². The Morgan fingerprint density at radius 2 is 1.65 bits per heavy atom. The number of hydrogen-bond acceptors (Lipinski definition) is 5. The van der Waals surface area contributed by atoms with Crippen LogP contribution in [0.5, 0.6) is 17.2 Å². The number of anilines is 1. The number of nitrogens with one attached hydrogen (secondary N) is 1. The van der Waals surface area contributed by atoms with Crippen molar-refractivity contribution in [3.63, 3.8) is 0 Å². The van der Waals surface area contributed by atoms with Crippen LogP contribution in [-0.2, 0) is 0 Å². The van der Waals surface area contributed by atoms with Gasteiger partial charge >= 0.3 is 0 Å². The molecule has 0 saturated heterocycles. The minimum Gasteiger partial charge on any atom is -0.493 e. The topological polar surface area (TPSA) is 69.7 Å². The second kappa shape index (κ2) is 7.49. The Morgan fingerprint density at radius 3 is 2.27 bits per heavy atom. The van der Waals surface area contributed by atoms with Crippen LogP contribution in [0.25, 0.3) is 10.9 Å². The van der Waals surface area contributed by atoms with Crippen LogP contribution in [0.3, 0.4) is 0 Å². The molecule has 134 valence electrons. The molecule has 0 aliphatic carbocycles. The Kier molecular flexibility index (Phi) is 5.14. The first kappa shape index (κ1) is 17.8. The second-order valence-electron chi connectivity index (χ2n) is 5.38. The van der Waals surface area contributed by atoms with E-state index in [1.165, 1.54) is 27.4 Å². The number of amides is 1. The maximum absolute atomic E-state index is 12.8. The van der Waals surface area contributed by atoms with Crippen LogP contribution < -0.4 is 19.5 Å². The van der Waals surface area contributed by atoms with E-state index in [-0.39, 0.29) is 11.1 Å². The molecule has 0 saturated carbocycles. The van der Waals surface area contributed by atoms with Crippen LogP contribution in [0.1, 0.15) is 10.4 Å². The molecule has 0 fully saturated rings. The fourth-order valence-corrected chi connectivity index (χ4v) is 2.88. The number of rotatable bonds is 5. The Labute approximate surface area is 155 Å². The molecule has 0 radical (unpaired) electrons. The molecule has 0 bridgehead atoms. The quantitative estimate of drug-likeness (QED) is 0.681. The summed E-state index contributed by atoms with van der Waals surface area (Å²) in [5.41, 5.74) is 1.57. The lowest BCUT2D eigenvalue weighted by Crippen LogP contribution is -2.13. The molecular formula is C19H17ClN2O4. The summed E-state index contributed by atoms with van der Waals surface area (Å²) in [5, 5.41) is 3.80. The van der Waals surface area contributed by atoms with E-state index in [4.69, 9.17) is 25.8 Å². The van der Waals surface area contributed by atoms with Gasteiger partial charge in [0.15, 0.2) is 11.5 Å². The average Bonchev–Trinajstić information content (AvgIpc) is 2.66. The lowest BCUT2D eigenvalue weighted by molar-refractivity contribution is 0.102. The normalized spacial score (nSPS) is 10.5. The van der Waals surface area contributed by atoms with Gasteiger partial charge in [0.05, 0.1) is 32.4 Å². The lowest BCUT2D eigenvalue weighted by atomic mass is 10.1. The van der Waals surface area contributed by atoms with Crippen molar-refractivity contribution in [3.05, 3.63) is 53.2 Å². The van der Waals surface area contributed by atoms with Gasteiger partial charge in [-0.2, -0.15) is 0 Å². The average molecular weight is 373 g/mol. The van der Waals surface area contributed by atoms with E-state index in [0.29, 0.717) is 39.4 Å². The number of carbonyl (C=O) groups is 1. The van der Waals surface area contributed by atoms with Gasteiger partial charge in [0.25, 0.3) is 5.91 Å². The molecule has 2 aromatic carbocycles. The van der Waals surface area contributed by atoms with Crippen molar-refractivity contribution in [2.75, 3.05) is 26.6 Å². The van der Waals surface area contributed by atoms with Gasteiger partial charge in [0.1, 0.15) is 5.15 Å². The van der Waals surface area contributed by atoms with E-state index in [9.17, 15) is 4.79 Å². The standard InChI is InChI=1S/C19H17ClN2O4/c1-24-15-8-11(9-16(25-2)18(15)26-3)21-19(23)13-10-17(20)22-14-7-5-4-6-12(13)14/h4-10H,1-3H3,(H,21,23). The maximum atomic E-state index is 12.8. The van der Waals surface area contributed by atoms with Crippen LogP contribution in [0.2, 0.25) is 5.15 Å². The van der Waals surface area contributed by atoms with Crippen molar-refractivity contribution in [3.8, 4) is 17.2 Å². The second-order valence-corrected chi connectivity index (χ2v) is 5.77. The van der Waals surface area contributed by atoms with Crippen LogP contribution in [0, 0.1) is 0 Å².